The Kier molecular flexibility index (Phi) is 5.66. The highest BCUT2D eigenvalue weighted by Crippen LogP contribution is 2.38. The van der Waals surface area contributed by atoms with E-state index in [4.69, 9.17) is 16.1 Å². The van der Waals surface area contributed by atoms with Crippen LogP contribution < -0.4 is 4.90 Å². The van der Waals surface area contributed by atoms with Crippen LogP contribution in [-0.2, 0) is 11.3 Å². The van der Waals surface area contributed by atoms with Crippen LogP contribution in [0.5, 0.6) is 0 Å². The molecular weight excluding hydrogens is 440 g/mol. The first-order valence-corrected chi connectivity index (χ1v) is 11.6. The van der Waals surface area contributed by atoms with Crippen LogP contribution in [0.1, 0.15) is 42.7 Å². The van der Waals surface area contributed by atoms with E-state index in [0.29, 0.717) is 22.4 Å². The Bertz CT molecular complexity index is 1220. The molecule has 170 valence electrons. The number of amides is 3. The fourth-order valence-corrected chi connectivity index (χ4v) is 5.07. The number of fused-ring (bicyclic) bond motifs is 1. The number of aryl methyl sites for hydroxylation is 2. The zero-order valence-corrected chi connectivity index (χ0v) is 19.4. The quantitative estimate of drug-likeness (QED) is 0.506. The number of hydrogen-bond donors (Lipinski definition) is 0. The molecule has 0 bridgehead atoms. The van der Waals surface area contributed by atoms with Gasteiger partial charge in [0.2, 0.25) is 17.6 Å². The highest BCUT2D eigenvalue weighted by Gasteiger charge is 2.48. The Morgan fingerprint density at radius 1 is 1.09 bits per heavy atom. The van der Waals surface area contributed by atoms with Gasteiger partial charge in [0.1, 0.15) is 6.54 Å². The molecule has 7 nitrogen and oxygen atoms in total. The molecule has 2 aromatic carbocycles. The molecule has 2 fully saturated rings. The Hall–Kier alpha value is -3.19. The zero-order valence-electron chi connectivity index (χ0n) is 18.6. The van der Waals surface area contributed by atoms with Crippen molar-refractivity contribution < 1.29 is 14.1 Å². The Morgan fingerprint density at radius 3 is 2.73 bits per heavy atom. The van der Waals surface area contributed by atoms with E-state index in [1.165, 1.54) is 4.90 Å². The first-order valence-electron chi connectivity index (χ1n) is 11.2. The van der Waals surface area contributed by atoms with Gasteiger partial charge < -0.3 is 9.42 Å². The Morgan fingerprint density at radius 2 is 1.91 bits per heavy atom. The predicted molar refractivity (Wildman–Crippen MR) is 125 cm³/mol. The lowest BCUT2D eigenvalue weighted by Gasteiger charge is -2.46. The summed E-state index contributed by atoms with van der Waals surface area (Å²) < 4.78 is 5.50. The highest BCUT2D eigenvalue weighted by atomic mass is 35.5. The van der Waals surface area contributed by atoms with Crippen molar-refractivity contribution in [2.45, 2.75) is 52.1 Å². The maximum Gasteiger partial charge on any atom is 0.332 e. The molecule has 1 aromatic heterocycles. The second-order valence-corrected chi connectivity index (χ2v) is 9.29. The monoisotopic (exact) mass is 464 g/mol. The van der Waals surface area contributed by atoms with Gasteiger partial charge in [-0.2, -0.15) is 4.98 Å². The smallest absolute Gasteiger partial charge is 0.332 e. The molecule has 33 heavy (non-hydrogen) atoms. The van der Waals surface area contributed by atoms with E-state index in [1.807, 2.05) is 44.2 Å². The normalized spacial score (nSPS) is 20.8. The van der Waals surface area contributed by atoms with Gasteiger partial charge in [0.25, 0.3) is 0 Å². The fourth-order valence-electron chi connectivity index (χ4n) is 4.88. The van der Waals surface area contributed by atoms with Crippen molar-refractivity contribution in [1.82, 2.24) is 15.0 Å². The number of nitrogens with zero attached hydrogens (tertiary/aromatic N) is 4. The van der Waals surface area contributed by atoms with Gasteiger partial charge in [-0.1, -0.05) is 53.9 Å². The topological polar surface area (TPSA) is 79.5 Å². The molecule has 0 spiro atoms. The number of hydrogen-bond acceptors (Lipinski definition) is 5. The third kappa shape index (κ3) is 4.02. The van der Waals surface area contributed by atoms with Crippen molar-refractivity contribution in [2.24, 2.45) is 5.92 Å². The predicted octanol–water partition coefficient (Wildman–Crippen LogP) is 5.53. The molecule has 2 unspecified atom stereocenters. The van der Waals surface area contributed by atoms with Gasteiger partial charge in [0, 0.05) is 16.6 Å². The molecule has 0 radical (unpaired) electrons. The maximum absolute atomic E-state index is 13.7. The van der Waals surface area contributed by atoms with Crippen LogP contribution in [0.3, 0.4) is 0 Å². The van der Waals surface area contributed by atoms with Crippen LogP contribution in [0.4, 0.5) is 10.5 Å². The summed E-state index contributed by atoms with van der Waals surface area (Å²) in [7, 11) is 0. The molecule has 1 aliphatic heterocycles. The van der Waals surface area contributed by atoms with Gasteiger partial charge in [0.15, 0.2) is 0 Å². The molecule has 1 saturated heterocycles. The third-order valence-electron chi connectivity index (χ3n) is 6.57. The minimum absolute atomic E-state index is 0.111. The summed E-state index contributed by atoms with van der Waals surface area (Å²) in [5.74, 6) is 0.406. The number of benzene rings is 2. The van der Waals surface area contributed by atoms with Crippen molar-refractivity contribution in [3.8, 4) is 11.4 Å². The van der Waals surface area contributed by atoms with Crippen LogP contribution in [-0.4, -0.2) is 33.0 Å². The van der Waals surface area contributed by atoms with Crippen LogP contribution in [0, 0.1) is 19.8 Å². The Balaban J connectivity index is 1.48. The first kappa shape index (κ1) is 21.6. The average molecular weight is 465 g/mol. The lowest BCUT2D eigenvalue weighted by molar-refractivity contribution is -0.127. The van der Waals surface area contributed by atoms with E-state index in [2.05, 4.69) is 10.1 Å². The second-order valence-electron chi connectivity index (χ2n) is 8.85. The molecule has 8 heteroatoms. The van der Waals surface area contributed by atoms with Gasteiger partial charge in [-0.05, 0) is 56.0 Å². The minimum Gasteiger partial charge on any atom is -0.337 e. The number of carbonyl (C=O) groups is 2. The summed E-state index contributed by atoms with van der Waals surface area (Å²) in [6.45, 7) is 4.03. The lowest BCUT2D eigenvalue weighted by atomic mass is 9.81. The summed E-state index contributed by atoms with van der Waals surface area (Å²) in [4.78, 5) is 34.8. The molecule has 3 aromatic rings. The van der Waals surface area contributed by atoms with Crippen molar-refractivity contribution >= 4 is 29.2 Å². The van der Waals surface area contributed by atoms with Crippen molar-refractivity contribution in [3.05, 3.63) is 64.5 Å². The molecule has 2 heterocycles. The van der Waals surface area contributed by atoms with Gasteiger partial charge in [-0.25, -0.2) is 9.69 Å². The molecule has 1 saturated carbocycles. The maximum atomic E-state index is 13.7. The summed E-state index contributed by atoms with van der Waals surface area (Å²) in [6, 6.07) is 12.5. The first-order chi connectivity index (χ1) is 15.9. The molecule has 0 N–H and O–H groups in total. The van der Waals surface area contributed by atoms with E-state index in [9.17, 15) is 9.59 Å². The van der Waals surface area contributed by atoms with E-state index >= 15 is 0 Å². The average Bonchev–Trinajstić information content (AvgIpc) is 3.28. The standard InChI is InChI=1S/C25H25ClN4O3/c1-15-10-11-16(2)21(12-15)30-24(31)19-8-3-4-9-20(19)29(25(30)32)14-22-27-23(28-33-22)17-6-5-7-18(26)13-17/h5-7,10-13,19-20H,3-4,8-9,14H2,1-2H3. The van der Waals surface area contributed by atoms with E-state index in [-0.39, 0.29) is 30.4 Å². The minimum atomic E-state index is -0.334. The summed E-state index contributed by atoms with van der Waals surface area (Å²) in [5, 5.41) is 4.66. The molecule has 5 rings (SSSR count). The van der Waals surface area contributed by atoms with Crippen molar-refractivity contribution in [2.75, 3.05) is 4.90 Å². The Labute approximate surface area is 197 Å². The van der Waals surface area contributed by atoms with Gasteiger partial charge in [-0.3, -0.25) is 4.79 Å². The summed E-state index contributed by atoms with van der Waals surface area (Å²) in [5.41, 5.74) is 3.27. The molecular formula is C25H25ClN4O3. The number of rotatable bonds is 4. The molecule has 2 aliphatic rings. The SMILES string of the molecule is Cc1ccc(C)c(N2C(=O)C3CCCCC3N(Cc3nc(-c4cccc(Cl)c4)no3)C2=O)c1. The van der Waals surface area contributed by atoms with Gasteiger partial charge >= 0.3 is 6.03 Å². The van der Waals surface area contributed by atoms with Crippen molar-refractivity contribution in [3.63, 3.8) is 0 Å². The van der Waals surface area contributed by atoms with E-state index in [1.54, 1.807) is 17.0 Å². The lowest BCUT2D eigenvalue weighted by Crippen LogP contribution is -2.62. The number of anilines is 1. The van der Waals surface area contributed by atoms with Crippen LogP contribution in [0.15, 0.2) is 47.0 Å². The number of imide groups is 1. The van der Waals surface area contributed by atoms with Gasteiger partial charge in [-0.15, -0.1) is 0 Å². The van der Waals surface area contributed by atoms with Crippen LogP contribution >= 0.6 is 11.6 Å². The van der Waals surface area contributed by atoms with Crippen molar-refractivity contribution in [1.29, 1.82) is 0 Å². The molecule has 1 aliphatic carbocycles. The molecule has 3 amide bonds. The van der Waals surface area contributed by atoms with E-state index < -0.39 is 0 Å². The fraction of sp³-hybridized carbons (Fsp3) is 0.360. The summed E-state index contributed by atoms with van der Waals surface area (Å²) >= 11 is 6.09. The largest absolute Gasteiger partial charge is 0.337 e. The van der Waals surface area contributed by atoms with Crippen LogP contribution in [0.25, 0.3) is 11.4 Å². The van der Waals surface area contributed by atoms with Gasteiger partial charge in [0.05, 0.1) is 11.6 Å². The number of carbonyl (C=O) groups excluding carboxylic acids is 2. The van der Waals surface area contributed by atoms with Crippen LogP contribution in [0.2, 0.25) is 5.02 Å². The zero-order chi connectivity index (χ0) is 23.1. The van der Waals surface area contributed by atoms with E-state index in [0.717, 1.165) is 42.4 Å². The highest BCUT2D eigenvalue weighted by molar-refractivity contribution is 6.30. The number of aromatic nitrogens is 2. The summed E-state index contributed by atoms with van der Waals surface area (Å²) in [6.07, 6.45) is 3.53. The molecule has 2 atom stereocenters. The number of urea groups is 1. The third-order valence-corrected chi connectivity index (χ3v) is 6.80. The second kappa shape index (κ2) is 8.63. The number of halogens is 1.